The minimum Gasteiger partial charge on any atom is -0.399 e. The summed E-state index contributed by atoms with van der Waals surface area (Å²) in [7, 11) is 0. The first-order valence-corrected chi connectivity index (χ1v) is 4.46. The molecule has 0 saturated heterocycles. The van der Waals surface area contributed by atoms with E-state index in [1.807, 2.05) is 35.7 Å². The summed E-state index contributed by atoms with van der Waals surface area (Å²) in [5.74, 6) is 0. The highest BCUT2D eigenvalue weighted by molar-refractivity contribution is 7.03. The van der Waals surface area contributed by atoms with Crippen molar-refractivity contribution in [1.82, 2.24) is 4.37 Å². The largest absolute Gasteiger partial charge is 0.399 e. The highest BCUT2D eigenvalue weighted by atomic mass is 32.1. The summed E-state index contributed by atoms with van der Waals surface area (Å²) < 4.78 is 4.21. The predicted octanol–water partition coefficient (Wildman–Crippen LogP) is 2.39. The van der Waals surface area contributed by atoms with Gasteiger partial charge in [0.2, 0.25) is 0 Å². The smallest absolute Gasteiger partial charge is 0.0841 e. The average molecular weight is 176 g/mol. The Bertz CT molecular complexity index is 368. The fourth-order valence-corrected chi connectivity index (χ4v) is 1.59. The van der Waals surface area contributed by atoms with Gasteiger partial charge in [-0.1, -0.05) is 12.1 Å². The third kappa shape index (κ3) is 1.31. The van der Waals surface area contributed by atoms with Crippen LogP contribution in [-0.2, 0) is 0 Å². The van der Waals surface area contributed by atoms with Gasteiger partial charge in [0.15, 0.2) is 0 Å². The van der Waals surface area contributed by atoms with Gasteiger partial charge < -0.3 is 5.73 Å². The standard InChI is InChI=1S/C9H8N2S/c10-8-3-1-2-7(6-8)9-4-5-12-11-9/h1-6H,10H2. The van der Waals surface area contributed by atoms with E-state index < -0.39 is 0 Å². The van der Waals surface area contributed by atoms with Gasteiger partial charge in [0.1, 0.15) is 0 Å². The van der Waals surface area contributed by atoms with Gasteiger partial charge in [-0.2, -0.15) is 4.37 Å². The minimum atomic E-state index is 0.778. The summed E-state index contributed by atoms with van der Waals surface area (Å²) in [4.78, 5) is 0. The quantitative estimate of drug-likeness (QED) is 0.677. The zero-order chi connectivity index (χ0) is 8.39. The van der Waals surface area contributed by atoms with E-state index in [-0.39, 0.29) is 0 Å². The van der Waals surface area contributed by atoms with E-state index in [0.717, 1.165) is 16.9 Å². The molecule has 1 aromatic heterocycles. The first-order chi connectivity index (χ1) is 5.86. The van der Waals surface area contributed by atoms with Crippen LogP contribution in [0.3, 0.4) is 0 Å². The Morgan fingerprint density at radius 2 is 2.17 bits per heavy atom. The molecule has 0 aliphatic rings. The lowest BCUT2D eigenvalue weighted by atomic mass is 10.1. The molecule has 0 radical (unpaired) electrons. The zero-order valence-corrected chi connectivity index (χ0v) is 7.21. The van der Waals surface area contributed by atoms with Gasteiger partial charge in [0, 0.05) is 16.6 Å². The van der Waals surface area contributed by atoms with Crippen molar-refractivity contribution in [3.8, 4) is 11.3 Å². The van der Waals surface area contributed by atoms with Gasteiger partial charge >= 0.3 is 0 Å². The maximum absolute atomic E-state index is 5.64. The summed E-state index contributed by atoms with van der Waals surface area (Å²) in [6.45, 7) is 0. The highest BCUT2D eigenvalue weighted by Crippen LogP contribution is 2.20. The summed E-state index contributed by atoms with van der Waals surface area (Å²) >= 11 is 1.45. The number of hydrogen-bond donors (Lipinski definition) is 1. The van der Waals surface area contributed by atoms with E-state index in [1.165, 1.54) is 11.5 Å². The molecule has 1 aromatic carbocycles. The van der Waals surface area contributed by atoms with E-state index in [1.54, 1.807) is 0 Å². The van der Waals surface area contributed by atoms with Crippen LogP contribution in [0.4, 0.5) is 5.69 Å². The molecule has 0 atom stereocenters. The Labute approximate surface area is 74.8 Å². The number of aromatic nitrogens is 1. The number of nitrogen functional groups attached to an aromatic ring is 1. The maximum atomic E-state index is 5.64. The normalized spacial score (nSPS) is 10.0. The van der Waals surface area contributed by atoms with E-state index in [2.05, 4.69) is 4.37 Å². The molecule has 3 heteroatoms. The molecular weight excluding hydrogens is 168 g/mol. The summed E-state index contributed by atoms with van der Waals surface area (Å²) in [6.07, 6.45) is 0. The third-order valence-corrected chi connectivity index (χ3v) is 2.18. The molecular formula is C9H8N2S. The van der Waals surface area contributed by atoms with Crippen molar-refractivity contribution in [3.05, 3.63) is 35.7 Å². The van der Waals surface area contributed by atoms with Crippen molar-refractivity contribution in [1.29, 1.82) is 0 Å². The Morgan fingerprint density at radius 1 is 1.25 bits per heavy atom. The average Bonchev–Trinajstić information content (AvgIpc) is 2.56. The van der Waals surface area contributed by atoms with Crippen LogP contribution < -0.4 is 5.73 Å². The molecule has 0 aliphatic heterocycles. The Hall–Kier alpha value is -1.35. The number of benzene rings is 1. The second-order valence-corrected chi connectivity index (χ2v) is 3.18. The van der Waals surface area contributed by atoms with Gasteiger partial charge in [0.25, 0.3) is 0 Å². The molecule has 60 valence electrons. The number of rotatable bonds is 1. The molecule has 0 saturated carbocycles. The van der Waals surface area contributed by atoms with Gasteiger partial charge in [-0.3, -0.25) is 0 Å². The van der Waals surface area contributed by atoms with Crippen LogP contribution in [0.2, 0.25) is 0 Å². The van der Waals surface area contributed by atoms with Crippen molar-refractivity contribution in [2.75, 3.05) is 5.73 Å². The Balaban J connectivity index is 2.48. The zero-order valence-electron chi connectivity index (χ0n) is 6.40. The molecule has 0 amide bonds. The number of nitrogens with zero attached hydrogens (tertiary/aromatic N) is 1. The van der Waals surface area contributed by atoms with E-state index in [0.29, 0.717) is 0 Å². The molecule has 0 aliphatic carbocycles. The Kier molecular flexibility index (Phi) is 1.80. The molecule has 0 unspecified atom stereocenters. The molecule has 2 aromatic rings. The molecule has 2 rings (SSSR count). The first kappa shape index (κ1) is 7.31. The van der Waals surface area contributed by atoms with E-state index in [4.69, 9.17) is 5.73 Å². The highest BCUT2D eigenvalue weighted by Gasteiger charge is 1.98. The molecule has 0 bridgehead atoms. The summed E-state index contributed by atoms with van der Waals surface area (Å²) in [5.41, 5.74) is 8.49. The van der Waals surface area contributed by atoms with Crippen molar-refractivity contribution in [3.63, 3.8) is 0 Å². The minimum absolute atomic E-state index is 0.778. The first-order valence-electron chi connectivity index (χ1n) is 3.62. The second kappa shape index (κ2) is 2.95. The van der Waals surface area contributed by atoms with Gasteiger partial charge in [0.05, 0.1) is 5.69 Å². The molecule has 0 fully saturated rings. The summed E-state index contributed by atoms with van der Waals surface area (Å²) in [6, 6.07) is 9.72. The van der Waals surface area contributed by atoms with Crippen LogP contribution in [0.25, 0.3) is 11.3 Å². The van der Waals surface area contributed by atoms with Crippen molar-refractivity contribution in [2.24, 2.45) is 0 Å². The Morgan fingerprint density at radius 3 is 2.83 bits per heavy atom. The maximum Gasteiger partial charge on any atom is 0.0841 e. The van der Waals surface area contributed by atoms with Crippen molar-refractivity contribution >= 4 is 17.2 Å². The van der Waals surface area contributed by atoms with Crippen LogP contribution in [0.5, 0.6) is 0 Å². The van der Waals surface area contributed by atoms with Gasteiger partial charge in [-0.15, -0.1) is 0 Å². The third-order valence-electron chi connectivity index (χ3n) is 1.62. The van der Waals surface area contributed by atoms with Gasteiger partial charge in [-0.25, -0.2) is 0 Å². The summed E-state index contributed by atoms with van der Waals surface area (Å²) in [5, 5.41) is 1.96. The monoisotopic (exact) mass is 176 g/mol. The molecule has 2 N–H and O–H groups in total. The lowest BCUT2D eigenvalue weighted by Gasteiger charge is -1.96. The van der Waals surface area contributed by atoms with E-state index >= 15 is 0 Å². The van der Waals surface area contributed by atoms with Crippen LogP contribution in [0.15, 0.2) is 35.7 Å². The second-order valence-electron chi connectivity index (χ2n) is 2.51. The number of anilines is 1. The predicted molar refractivity (Wildman–Crippen MR) is 52.0 cm³/mol. The molecule has 0 spiro atoms. The SMILES string of the molecule is Nc1cccc(-c2ccsn2)c1. The topological polar surface area (TPSA) is 38.9 Å². The number of nitrogens with two attached hydrogens (primary N) is 1. The molecule has 1 heterocycles. The van der Waals surface area contributed by atoms with Crippen molar-refractivity contribution < 1.29 is 0 Å². The van der Waals surface area contributed by atoms with E-state index in [9.17, 15) is 0 Å². The lowest BCUT2D eigenvalue weighted by Crippen LogP contribution is -1.84. The van der Waals surface area contributed by atoms with Gasteiger partial charge in [-0.05, 0) is 29.7 Å². The van der Waals surface area contributed by atoms with Crippen LogP contribution in [0, 0.1) is 0 Å². The van der Waals surface area contributed by atoms with Crippen molar-refractivity contribution in [2.45, 2.75) is 0 Å². The molecule has 2 nitrogen and oxygen atoms in total. The fourth-order valence-electron chi connectivity index (χ4n) is 1.06. The number of hydrogen-bond acceptors (Lipinski definition) is 3. The lowest BCUT2D eigenvalue weighted by molar-refractivity contribution is 1.52. The molecule has 12 heavy (non-hydrogen) atoms. The van der Waals surface area contributed by atoms with Crippen LogP contribution in [0.1, 0.15) is 0 Å². The van der Waals surface area contributed by atoms with Crippen LogP contribution >= 0.6 is 11.5 Å². The fraction of sp³-hybridized carbons (Fsp3) is 0. The van der Waals surface area contributed by atoms with Crippen LogP contribution in [-0.4, -0.2) is 4.37 Å².